The van der Waals surface area contributed by atoms with Crippen molar-refractivity contribution >= 4 is 17.3 Å². The van der Waals surface area contributed by atoms with Crippen LogP contribution in [0.25, 0.3) is 5.52 Å². The molecule has 0 saturated carbocycles. The highest BCUT2D eigenvalue weighted by atomic mass is 16.5. The van der Waals surface area contributed by atoms with Gasteiger partial charge in [0.25, 0.3) is 0 Å². The van der Waals surface area contributed by atoms with Gasteiger partial charge in [-0.1, -0.05) is 45.4 Å². The number of benzene rings is 2. The molecule has 0 saturated heterocycles. The quantitative estimate of drug-likeness (QED) is 0.0976. The van der Waals surface area contributed by atoms with Crippen molar-refractivity contribution in [2.75, 3.05) is 13.7 Å². The Balaban J connectivity index is 1.52. The lowest BCUT2D eigenvalue weighted by Gasteiger charge is -2.21. The molecule has 0 aliphatic heterocycles. The van der Waals surface area contributed by atoms with E-state index in [1.165, 1.54) is 5.56 Å². The van der Waals surface area contributed by atoms with E-state index in [2.05, 4.69) is 39.0 Å². The molecule has 43 heavy (non-hydrogen) atoms. The molecule has 228 valence electrons. The van der Waals surface area contributed by atoms with E-state index >= 15 is 0 Å². The van der Waals surface area contributed by atoms with Gasteiger partial charge in [0.1, 0.15) is 17.6 Å². The van der Waals surface area contributed by atoms with Crippen LogP contribution in [0.5, 0.6) is 11.5 Å². The molecule has 0 N–H and O–H groups in total. The largest absolute Gasteiger partial charge is 0.496 e. The second-order valence-electron chi connectivity index (χ2n) is 11.4. The minimum Gasteiger partial charge on any atom is -0.496 e. The Kier molecular flexibility index (Phi) is 11.4. The van der Waals surface area contributed by atoms with E-state index in [0.717, 1.165) is 54.0 Å². The number of unbranched alkanes of at least 4 members (excludes halogenated alkanes) is 1. The topological polar surface area (TPSA) is 66.2 Å². The van der Waals surface area contributed by atoms with Crippen LogP contribution in [0.4, 0.5) is 0 Å². The molecule has 1 unspecified atom stereocenters. The molecule has 2 heterocycles. The summed E-state index contributed by atoms with van der Waals surface area (Å²) in [6.07, 6.45) is 7.50. The number of carbonyl (C=O) groups excluding carboxylic acids is 2. The first-order valence-electron chi connectivity index (χ1n) is 15.6. The summed E-state index contributed by atoms with van der Waals surface area (Å²) in [5.41, 5.74) is 5.40. The highest BCUT2D eigenvalue weighted by Gasteiger charge is 2.19. The standard InChI is InChI=1S/C37H45NO5/c1-6-8-14-34(29-17-16-28(23-26(3)4)35(24-29)41-5)43-31-20-18-27(19-21-31)37(40)32-25-30(12-11-15-36(39)42-7-2)38-22-10-9-13-33(32)38/h9-10,13,16-22,24-26,34H,6-8,11-12,14-15,23H2,1-5H3. The van der Waals surface area contributed by atoms with Crippen molar-refractivity contribution in [3.63, 3.8) is 0 Å². The van der Waals surface area contributed by atoms with Gasteiger partial charge >= 0.3 is 5.97 Å². The number of nitrogens with zero attached hydrogens (tertiary/aromatic N) is 1. The van der Waals surface area contributed by atoms with Gasteiger partial charge in [0.2, 0.25) is 0 Å². The first-order chi connectivity index (χ1) is 20.8. The third kappa shape index (κ3) is 8.28. The number of fused-ring (bicyclic) bond motifs is 1. The van der Waals surface area contributed by atoms with Crippen molar-refractivity contribution < 1.29 is 23.8 Å². The second kappa shape index (κ2) is 15.4. The number of hydrogen-bond acceptors (Lipinski definition) is 5. The Labute approximate surface area is 256 Å². The average molecular weight is 584 g/mol. The highest BCUT2D eigenvalue weighted by molar-refractivity contribution is 6.13. The molecule has 2 aromatic carbocycles. The lowest BCUT2D eigenvalue weighted by atomic mass is 9.97. The van der Waals surface area contributed by atoms with Gasteiger partial charge in [0.05, 0.1) is 19.2 Å². The van der Waals surface area contributed by atoms with Crippen LogP contribution < -0.4 is 9.47 Å². The monoisotopic (exact) mass is 583 g/mol. The predicted octanol–water partition coefficient (Wildman–Crippen LogP) is 8.57. The molecule has 0 aliphatic rings. The van der Waals surface area contributed by atoms with E-state index < -0.39 is 0 Å². The fraction of sp³-hybridized carbons (Fsp3) is 0.405. The van der Waals surface area contributed by atoms with Crippen LogP contribution in [0.15, 0.2) is 72.9 Å². The van der Waals surface area contributed by atoms with E-state index in [4.69, 9.17) is 14.2 Å². The Morgan fingerprint density at radius 1 is 0.930 bits per heavy atom. The molecular formula is C37H45NO5. The maximum absolute atomic E-state index is 13.7. The SMILES string of the molecule is CCCCC(Oc1ccc(C(=O)c2cc(CCCC(=O)OCC)n3ccccc23)cc1)c1ccc(CC(C)C)c(OC)c1. The van der Waals surface area contributed by atoms with Crippen LogP contribution in [-0.2, 0) is 22.4 Å². The number of aromatic nitrogens is 1. The Hall–Kier alpha value is -4.06. The number of methoxy groups -OCH3 is 1. The lowest BCUT2D eigenvalue weighted by Crippen LogP contribution is -2.09. The van der Waals surface area contributed by atoms with E-state index in [0.29, 0.717) is 42.9 Å². The minimum atomic E-state index is -0.193. The minimum absolute atomic E-state index is 0.0418. The molecule has 0 radical (unpaired) electrons. The van der Waals surface area contributed by atoms with Crippen molar-refractivity contribution in [3.8, 4) is 11.5 Å². The highest BCUT2D eigenvalue weighted by Crippen LogP contribution is 2.32. The Morgan fingerprint density at radius 2 is 1.72 bits per heavy atom. The van der Waals surface area contributed by atoms with Gasteiger partial charge in [-0.3, -0.25) is 9.59 Å². The summed E-state index contributed by atoms with van der Waals surface area (Å²) in [7, 11) is 1.72. The molecule has 1 atom stereocenters. The molecule has 0 fully saturated rings. The fourth-order valence-electron chi connectivity index (χ4n) is 5.50. The van der Waals surface area contributed by atoms with Crippen LogP contribution in [0.2, 0.25) is 0 Å². The zero-order valence-corrected chi connectivity index (χ0v) is 26.2. The Bertz CT molecular complexity index is 1500. The second-order valence-corrected chi connectivity index (χ2v) is 11.4. The van der Waals surface area contributed by atoms with Gasteiger partial charge in [0, 0.05) is 29.4 Å². The Morgan fingerprint density at radius 3 is 2.42 bits per heavy atom. The number of ketones is 1. The maximum Gasteiger partial charge on any atom is 0.305 e. The molecule has 6 nitrogen and oxygen atoms in total. The van der Waals surface area contributed by atoms with Gasteiger partial charge in [0.15, 0.2) is 5.78 Å². The van der Waals surface area contributed by atoms with Crippen LogP contribution in [0.3, 0.4) is 0 Å². The first kappa shape index (κ1) is 31.9. The van der Waals surface area contributed by atoms with E-state index in [9.17, 15) is 9.59 Å². The average Bonchev–Trinajstić information content (AvgIpc) is 3.38. The summed E-state index contributed by atoms with van der Waals surface area (Å²) >= 11 is 0. The molecule has 6 heteroatoms. The molecule has 0 amide bonds. The van der Waals surface area contributed by atoms with Crippen LogP contribution in [-0.4, -0.2) is 29.9 Å². The summed E-state index contributed by atoms with van der Waals surface area (Å²) in [5, 5.41) is 0. The molecule has 2 aromatic heterocycles. The molecule has 4 rings (SSSR count). The number of rotatable bonds is 16. The molecule has 0 bridgehead atoms. The van der Waals surface area contributed by atoms with E-state index in [1.54, 1.807) is 7.11 Å². The summed E-state index contributed by atoms with van der Waals surface area (Å²) in [5.74, 6) is 1.93. The zero-order chi connectivity index (χ0) is 30.8. The maximum atomic E-state index is 13.7. The van der Waals surface area contributed by atoms with Crippen LogP contribution in [0, 0.1) is 5.92 Å². The lowest BCUT2D eigenvalue weighted by molar-refractivity contribution is -0.143. The first-order valence-corrected chi connectivity index (χ1v) is 15.6. The van der Waals surface area contributed by atoms with Crippen molar-refractivity contribution in [2.24, 2.45) is 5.92 Å². The van der Waals surface area contributed by atoms with Gasteiger partial charge in [-0.2, -0.15) is 0 Å². The smallest absolute Gasteiger partial charge is 0.305 e. The summed E-state index contributed by atoms with van der Waals surface area (Å²) < 4.78 is 19.3. The zero-order valence-electron chi connectivity index (χ0n) is 26.2. The third-order valence-corrected chi connectivity index (χ3v) is 7.65. The van der Waals surface area contributed by atoms with Gasteiger partial charge in [-0.05, 0) is 105 Å². The van der Waals surface area contributed by atoms with Gasteiger partial charge in [-0.15, -0.1) is 0 Å². The van der Waals surface area contributed by atoms with Crippen LogP contribution >= 0.6 is 0 Å². The van der Waals surface area contributed by atoms with Gasteiger partial charge in [-0.25, -0.2) is 0 Å². The molecule has 4 aromatic rings. The molecule has 0 spiro atoms. The number of pyridine rings is 1. The molecular weight excluding hydrogens is 538 g/mol. The van der Waals surface area contributed by atoms with Crippen molar-refractivity contribution in [1.82, 2.24) is 4.40 Å². The van der Waals surface area contributed by atoms with E-state index in [-0.39, 0.29) is 17.9 Å². The summed E-state index contributed by atoms with van der Waals surface area (Å²) in [6.45, 7) is 8.79. The third-order valence-electron chi connectivity index (χ3n) is 7.65. The summed E-state index contributed by atoms with van der Waals surface area (Å²) in [6, 6.07) is 21.7. The molecule has 0 aliphatic carbocycles. The normalized spacial score (nSPS) is 12.0. The van der Waals surface area contributed by atoms with E-state index in [1.807, 2.05) is 66.1 Å². The predicted molar refractivity (Wildman–Crippen MR) is 171 cm³/mol. The number of ether oxygens (including phenoxy) is 3. The number of hydrogen-bond donors (Lipinski definition) is 0. The fourth-order valence-corrected chi connectivity index (χ4v) is 5.50. The summed E-state index contributed by atoms with van der Waals surface area (Å²) in [4.78, 5) is 25.5. The number of esters is 1. The number of carbonyl (C=O) groups is 2. The van der Waals surface area contributed by atoms with Crippen LogP contribution in [0.1, 0.15) is 98.6 Å². The van der Waals surface area contributed by atoms with Crippen molar-refractivity contribution in [3.05, 3.63) is 101 Å². The number of aryl methyl sites for hydroxylation is 1. The van der Waals surface area contributed by atoms with Gasteiger partial charge < -0.3 is 18.6 Å². The van der Waals surface area contributed by atoms with Crippen molar-refractivity contribution in [1.29, 1.82) is 0 Å². The van der Waals surface area contributed by atoms with Crippen molar-refractivity contribution in [2.45, 2.75) is 78.7 Å².